The van der Waals surface area contributed by atoms with E-state index in [-0.39, 0.29) is 39.0 Å². The monoisotopic (exact) mass is 525 g/mol. The highest BCUT2D eigenvalue weighted by Crippen LogP contribution is 2.35. The Labute approximate surface area is 212 Å². The fourth-order valence-electron chi connectivity index (χ4n) is 4.12. The van der Waals surface area contributed by atoms with Crippen LogP contribution in [-0.2, 0) is 0 Å². The molecular formula is C25H18ClF2N5O4. The molecule has 0 saturated carbocycles. The molecule has 0 amide bonds. The maximum Gasteiger partial charge on any atom is 0.439 e. The summed E-state index contributed by atoms with van der Waals surface area (Å²) in [5, 5.41) is 7.34. The number of halogens is 3. The molecule has 9 nitrogen and oxygen atoms in total. The maximum atomic E-state index is 14.6. The van der Waals surface area contributed by atoms with E-state index in [1.54, 1.807) is 31.2 Å². The van der Waals surface area contributed by atoms with Gasteiger partial charge in [0, 0.05) is 17.3 Å². The third-order valence-corrected chi connectivity index (χ3v) is 6.05. The number of nitrogens with zero attached hydrogens (tertiary/aromatic N) is 3. The number of nitrogens with one attached hydrogen (secondary N) is 2. The first kappa shape index (κ1) is 24.3. The van der Waals surface area contributed by atoms with Crippen LogP contribution in [0, 0.1) is 25.6 Å². The lowest BCUT2D eigenvalue weighted by atomic mass is 9.99. The number of benzene rings is 1. The van der Waals surface area contributed by atoms with Crippen LogP contribution in [0.2, 0.25) is 5.15 Å². The van der Waals surface area contributed by atoms with E-state index in [1.165, 1.54) is 6.92 Å². The molecule has 5 aromatic rings. The lowest BCUT2D eigenvalue weighted by Crippen LogP contribution is -2.13. The number of hydrogen-bond acceptors (Lipinski definition) is 8. The van der Waals surface area contributed by atoms with Crippen LogP contribution in [0.15, 0.2) is 55.1 Å². The summed E-state index contributed by atoms with van der Waals surface area (Å²) < 4.78 is 39.7. The predicted octanol–water partition coefficient (Wildman–Crippen LogP) is 5.31. The molecule has 188 valence electrons. The van der Waals surface area contributed by atoms with Gasteiger partial charge < -0.3 is 9.73 Å². The van der Waals surface area contributed by atoms with Crippen LogP contribution in [0.3, 0.4) is 0 Å². The van der Waals surface area contributed by atoms with Gasteiger partial charge >= 0.3 is 5.76 Å². The fraction of sp³-hybridized carbons (Fsp3) is 0.160. The highest BCUT2D eigenvalue weighted by molar-refractivity contribution is 6.29. The molecule has 4 heterocycles. The van der Waals surface area contributed by atoms with Crippen molar-refractivity contribution >= 4 is 28.3 Å². The molecule has 1 aromatic carbocycles. The molecule has 0 radical (unpaired) electrons. The molecule has 2 N–H and O–H groups in total. The smallest absolute Gasteiger partial charge is 0.439 e. The van der Waals surface area contributed by atoms with Crippen molar-refractivity contribution in [1.82, 2.24) is 20.1 Å². The molecule has 12 heteroatoms. The van der Waals surface area contributed by atoms with Gasteiger partial charge in [-0.25, -0.2) is 19.2 Å². The van der Waals surface area contributed by atoms with Crippen molar-refractivity contribution in [2.45, 2.75) is 26.8 Å². The van der Waals surface area contributed by atoms with Gasteiger partial charge in [0.25, 0.3) is 0 Å². The SMILES string of the molecule is Cc1cc(C(C)Nc2ccc(Cl)nc2-c2noc(=O)[nH]2)c2oc(-c3c(F)ccnc3F)c(C)c(=O)c2c1. The molecule has 1 unspecified atom stereocenters. The highest BCUT2D eigenvalue weighted by Gasteiger charge is 2.24. The first-order chi connectivity index (χ1) is 17.6. The Morgan fingerprint density at radius 3 is 2.62 bits per heavy atom. The zero-order valence-electron chi connectivity index (χ0n) is 19.6. The lowest BCUT2D eigenvalue weighted by Gasteiger charge is -2.20. The van der Waals surface area contributed by atoms with E-state index in [2.05, 4.69) is 29.9 Å². The van der Waals surface area contributed by atoms with Gasteiger partial charge in [-0.2, -0.15) is 4.39 Å². The molecule has 0 fully saturated rings. The largest absolute Gasteiger partial charge is 0.455 e. The Hall–Kier alpha value is -4.38. The van der Waals surface area contributed by atoms with Gasteiger partial charge in [0.2, 0.25) is 11.8 Å². The molecule has 5 rings (SSSR count). The first-order valence-corrected chi connectivity index (χ1v) is 11.4. The van der Waals surface area contributed by atoms with Gasteiger partial charge in [0.05, 0.1) is 17.1 Å². The van der Waals surface area contributed by atoms with Crippen LogP contribution in [0.4, 0.5) is 14.5 Å². The summed E-state index contributed by atoms with van der Waals surface area (Å²) in [6, 6.07) is 7.09. The maximum absolute atomic E-state index is 14.6. The molecule has 0 saturated heterocycles. The molecule has 0 aliphatic carbocycles. The molecule has 0 bridgehead atoms. The van der Waals surface area contributed by atoms with Gasteiger partial charge in [-0.05, 0) is 50.6 Å². The van der Waals surface area contributed by atoms with Crippen molar-refractivity contribution in [3.05, 3.63) is 90.9 Å². The summed E-state index contributed by atoms with van der Waals surface area (Å²) >= 11 is 6.05. The Morgan fingerprint density at radius 1 is 1.14 bits per heavy atom. The number of rotatable bonds is 5. The van der Waals surface area contributed by atoms with Crippen molar-refractivity contribution < 1.29 is 17.7 Å². The molecule has 0 aliphatic rings. The number of aryl methyl sites for hydroxylation is 1. The van der Waals surface area contributed by atoms with Gasteiger partial charge in [0.1, 0.15) is 33.6 Å². The van der Waals surface area contributed by atoms with Gasteiger partial charge in [-0.15, -0.1) is 0 Å². The quantitative estimate of drug-likeness (QED) is 0.295. The number of hydrogen-bond donors (Lipinski definition) is 2. The van der Waals surface area contributed by atoms with Gasteiger partial charge in [-0.1, -0.05) is 22.8 Å². The summed E-state index contributed by atoms with van der Waals surface area (Å²) in [7, 11) is 0. The van der Waals surface area contributed by atoms with E-state index in [1.807, 2.05) is 6.92 Å². The van der Waals surface area contributed by atoms with Crippen LogP contribution in [-0.4, -0.2) is 20.1 Å². The Balaban J connectivity index is 1.68. The van der Waals surface area contributed by atoms with Gasteiger partial charge in [-0.3, -0.25) is 14.3 Å². The summed E-state index contributed by atoms with van der Waals surface area (Å²) in [6.07, 6.45) is 0.989. The average molecular weight is 526 g/mol. The van der Waals surface area contributed by atoms with E-state index in [0.717, 1.165) is 17.8 Å². The molecule has 0 aliphatic heterocycles. The van der Waals surface area contributed by atoms with E-state index >= 15 is 0 Å². The number of anilines is 1. The summed E-state index contributed by atoms with van der Waals surface area (Å²) in [6.45, 7) is 5.05. The molecule has 1 atom stereocenters. The highest BCUT2D eigenvalue weighted by atomic mass is 35.5. The number of aromatic nitrogens is 4. The standard InChI is InChI=1S/C25H18ClF2N5O4/c1-10-8-13(12(3)30-16-4-5-17(26)31-19(16)24-32-25(35)37-33-24)22-14(9-10)20(34)11(2)21(36-22)18-15(27)6-7-29-23(18)28/h4-9,12,30H,1-3H3,(H,32,33,35). The van der Waals surface area contributed by atoms with Crippen LogP contribution < -0.4 is 16.5 Å². The predicted molar refractivity (Wildman–Crippen MR) is 133 cm³/mol. The number of aromatic amines is 1. The molecular weight excluding hydrogens is 508 g/mol. The van der Waals surface area contributed by atoms with Crippen molar-refractivity contribution in [3.63, 3.8) is 0 Å². The third kappa shape index (κ3) is 4.38. The number of fused-ring (bicyclic) bond motifs is 1. The van der Waals surface area contributed by atoms with Crippen molar-refractivity contribution in [3.8, 4) is 22.8 Å². The summed E-state index contributed by atoms with van der Waals surface area (Å²) in [4.78, 5) is 34.9. The van der Waals surface area contributed by atoms with Crippen LogP contribution >= 0.6 is 11.6 Å². The van der Waals surface area contributed by atoms with Crippen LogP contribution in [0.5, 0.6) is 0 Å². The topological polar surface area (TPSA) is 127 Å². The number of pyridine rings is 2. The Bertz CT molecular complexity index is 1780. The molecule has 0 spiro atoms. The Morgan fingerprint density at radius 2 is 1.92 bits per heavy atom. The molecule has 37 heavy (non-hydrogen) atoms. The zero-order chi connectivity index (χ0) is 26.4. The van der Waals surface area contributed by atoms with Crippen molar-refractivity contribution in [2.24, 2.45) is 0 Å². The summed E-state index contributed by atoms with van der Waals surface area (Å²) in [5.41, 5.74) is 1.22. The minimum Gasteiger partial charge on any atom is -0.455 e. The molecule has 4 aromatic heterocycles. The average Bonchev–Trinajstić information content (AvgIpc) is 3.29. The number of H-pyrrole nitrogens is 1. The zero-order valence-corrected chi connectivity index (χ0v) is 20.4. The minimum absolute atomic E-state index is 0.0506. The first-order valence-electron chi connectivity index (χ1n) is 11.0. The van der Waals surface area contributed by atoms with Crippen molar-refractivity contribution in [1.29, 1.82) is 0 Å². The van der Waals surface area contributed by atoms with Gasteiger partial charge in [0.15, 0.2) is 5.43 Å². The second kappa shape index (κ2) is 9.25. The lowest BCUT2D eigenvalue weighted by molar-refractivity contribution is 0.388. The second-order valence-electron chi connectivity index (χ2n) is 8.41. The normalized spacial score (nSPS) is 12.2. The van der Waals surface area contributed by atoms with E-state index in [9.17, 15) is 18.4 Å². The Kier molecular flexibility index (Phi) is 6.08. The second-order valence-corrected chi connectivity index (χ2v) is 8.80. The van der Waals surface area contributed by atoms with Crippen LogP contribution in [0.25, 0.3) is 33.8 Å². The van der Waals surface area contributed by atoms with E-state index in [0.29, 0.717) is 11.3 Å². The fourth-order valence-corrected chi connectivity index (χ4v) is 4.27. The third-order valence-electron chi connectivity index (χ3n) is 5.84. The summed E-state index contributed by atoms with van der Waals surface area (Å²) in [5.74, 6) is -2.95. The minimum atomic E-state index is -1.09. The van der Waals surface area contributed by atoms with Crippen molar-refractivity contribution in [2.75, 3.05) is 5.32 Å². The van der Waals surface area contributed by atoms with Crippen LogP contribution in [0.1, 0.15) is 29.7 Å². The van der Waals surface area contributed by atoms with E-state index in [4.69, 9.17) is 16.0 Å². The van der Waals surface area contributed by atoms with E-state index < -0.39 is 34.6 Å².